The van der Waals surface area contributed by atoms with Gasteiger partial charge in [0, 0.05) is 5.41 Å². The molecule has 1 aromatic rings. The predicted molar refractivity (Wildman–Crippen MR) is 66.3 cm³/mol. The van der Waals surface area contributed by atoms with Crippen molar-refractivity contribution >= 4 is 5.97 Å². The minimum Gasteiger partial charge on any atom is -0.481 e. The van der Waals surface area contributed by atoms with Crippen LogP contribution in [0.5, 0.6) is 0 Å². The maximum Gasteiger partial charge on any atom is 0.307 e. The highest BCUT2D eigenvalue weighted by Gasteiger charge is 2.58. The van der Waals surface area contributed by atoms with Crippen LogP contribution in [0.3, 0.4) is 0 Å². The van der Waals surface area contributed by atoms with Crippen molar-refractivity contribution in [3.8, 4) is 0 Å². The van der Waals surface area contributed by atoms with Gasteiger partial charge in [0.05, 0.1) is 5.92 Å². The van der Waals surface area contributed by atoms with Crippen molar-refractivity contribution in [2.75, 3.05) is 0 Å². The molecule has 0 aliphatic heterocycles. The zero-order valence-electron chi connectivity index (χ0n) is 10.4. The Hall–Kier alpha value is -1.31. The summed E-state index contributed by atoms with van der Waals surface area (Å²) in [6.07, 6.45) is 2.83. The Bertz CT molecular complexity index is 484. The van der Waals surface area contributed by atoms with Crippen LogP contribution >= 0.6 is 0 Å². The van der Waals surface area contributed by atoms with Gasteiger partial charge in [0.15, 0.2) is 0 Å². The third-order valence-corrected chi connectivity index (χ3v) is 4.51. The fourth-order valence-electron chi connectivity index (χ4n) is 3.27. The van der Waals surface area contributed by atoms with Crippen molar-refractivity contribution in [3.63, 3.8) is 0 Å². The van der Waals surface area contributed by atoms with Gasteiger partial charge in [0.25, 0.3) is 0 Å². The second kappa shape index (κ2) is 3.34. The molecule has 2 nitrogen and oxygen atoms in total. The number of aliphatic carboxylic acids is 1. The summed E-state index contributed by atoms with van der Waals surface area (Å²) in [5.74, 6) is -0.287. The lowest BCUT2D eigenvalue weighted by molar-refractivity contribution is -0.142. The lowest BCUT2D eigenvalue weighted by Crippen LogP contribution is -2.24. The van der Waals surface area contributed by atoms with E-state index in [2.05, 4.69) is 32.0 Å². The Labute approximate surface area is 102 Å². The minimum atomic E-state index is -0.621. The molecule has 17 heavy (non-hydrogen) atoms. The van der Waals surface area contributed by atoms with E-state index in [-0.39, 0.29) is 11.3 Å². The first kappa shape index (κ1) is 10.8. The van der Waals surface area contributed by atoms with Gasteiger partial charge in [-0.3, -0.25) is 4.79 Å². The van der Waals surface area contributed by atoms with E-state index in [0.29, 0.717) is 5.92 Å². The van der Waals surface area contributed by atoms with Gasteiger partial charge in [-0.15, -0.1) is 0 Å². The lowest BCUT2D eigenvalue weighted by Gasteiger charge is -2.16. The summed E-state index contributed by atoms with van der Waals surface area (Å²) < 4.78 is 0. The van der Waals surface area contributed by atoms with Crippen molar-refractivity contribution < 1.29 is 9.90 Å². The Kier molecular flexibility index (Phi) is 2.13. The zero-order valence-corrected chi connectivity index (χ0v) is 10.4. The Balaban J connectivity index is 2.07. The van der Waals surface area contributed by atoms with Crippen molar-refractivity contribution in [1.82, 2.24) is 0 Å². The molecule has 2 aliphatic carbocycles. The molecule has 90 valence electrons. The van der Waals surface area contributed by atoms with Gasteiger partial charge in [-0.25, -0.2) is 0 Å². The van der Waals surface area contributed by atoms with E-state index >= 15 is 0 Å². The van der Waals surface area contributed by atoms with Gasteiger partial charge in [0.1, 0.15) is 0 Å². The molecule has 1 saturated carbocycles. The van der Waals surface area contributed by atoms with Gasteiger partial charge in [0.2, 0.25) is 0 Å². The second-order valence-corrected chi connectivity index (χ2v) is 5.82. The van der Waals surface area contributed by atoms with Crippen LogP contribution in [-0.4, -0.2) is 11.1 Å². The number of carbonyl (C=O) groups is 1. The van der Waals surface area contributed by atoms with Gasteiger partial charge < -0.3 is 5.11 Å². The summed E-state index contributed by atoms with van der Waals surface area (Å²) in [7, 11) is 0. The minimum absolute atomic E-state index is 0.00787. The third kappa shape index (κ3) is 1.43. The molecule has 2 heteroatoms. The molecule has 1 N–H and O–H groups in total. The van der Waals surface area contributed by atoms with Crippen molar-refractivity contribution in [3.05, 3.63) is 34.9 Å². The number of benzene rings is 1. The number of rotatable bonds is 2. The SMILES string of the molecule is CC(C)c1ccc2c(c1)C1(CC1)C(C(=O)O)C2. The van der Waals surface area contributed by atoms with Gasteiger partial charge in [-0.05, 0) is 41.9 Å². The lowest BCUT2D eigenvalue weighted by atomic mass is 9.88. The molecular formula is C15H18O2. The summed E-state index contributed by atoms with van der Waals surface area (Å²) in [5, 5.41) is 9.34. The van der Waals surface area contributed by atoms with Crippen molar-refractivity contribution in [2.24, 2.45) is 5.92 Å². The van der Waals surface area contributed by atoms with Crippen LogP contribution in [-0.2, 0) is 16.6 Å². The topological polar surface area (TPSA) is 37.3 Å². The summed E-state index contributed by atoms with van der Waals surface area (Å²) >= 11 is 0. The second-order valence-electron chi connectivity index (χ2n) is 5.82. The first-order valence-corrected chi connectivity index (χ1v) is 6.41. The van der Waals surface area contributed by atoms with E-state index in [1.807, 2.05) is 0 Å². The molecule has 2 aliphatic rings. The number of hydrogen-bond acceptors (Lipinski definition) is 1. The normalized spacial score (nSPS) is 24.1. The molecule has 0 saturated heterocycles. The summed E-state index contributed by atoms with van der Waals surface area (Å²) in [6, 6.07) is 6.56. The smallest absolute Gasteiger partial charge is 0.307 e. The Morgan fingerprint density at radius 1 is 1.41 bits per heavy atom. The van der Waals surface area contributed by atoms with Crippen LogP contribution in [0.4, 0.5) is 0 Å². The number of fused-ring (bicyclic) bond motifs is 2. The quantitative estimate of drug-likeness (QED) is 0.847. The van der Waals surface area contributed by atoms with Crippen LogP contribution in [0.1, 0.15) is 49.3 Å². The molecule has 1 atom stereocenters. The highest BCUT2D eigenvalue weighted by molar-refractivity contribution is 5.76. The van der Waals surface area contributed by atoms with Crippen LogP contribution in [0.25, 0.3) is 0 Å². The molecule has 0 bridgehead atoms. The molecule has 0 amide bonds. The van der Waals surface area contributed by atoms with E-state index in [1.165, 1.54) is 16.7 Å². The molecule has 0 heterocycles. The highest BCUT2D eigenvalue weighted by Crippen LogP contribution is 2.60. The molecule has 1 fully saturated rings. The van der Waals surface area contributed by atoms with Crippen molar-refractivity contribution in [1.29, 1.82) is 0 Å². The standard InChI is InChI=1S/C15H18O2/c1-9(2)10-3-4-11-8-13(14(16)17)15(5-6-15)12(11)7-10/h3-4,7,9,13H,5-6,8H2,1-2H3,(H,16,17). The molecule has 1 spiro atoms. The van der Waals surface area contributed by atoms with E-state index < -0.39 is 5.97 Å². The number of hydrogen-bond donors (Lipinski definition) is 1. The molecule has 0 radical (unpaired) electrons. The van der Waals surface area contributed by atoms with E-state index in [4.69, 9.17) is 0 Å². The molecule has 3 rings (SSSR count). The van der Waals surface area contributed by atoms with E-state index in [0.717, 1.165) is 19.3 Å². The third-order valence-electron chi connectivity index (χ3n) is 4.51. The van der Waals surface area contributed by atoms with Crippen LogP contribution in [0, 0.1) is 5.92 Å². The van der Waals surface area contributed by atoms with Gasteiger partial charge in [-0.1, -0.05) is 32.0 Å². The van der Waals surface area contributed by atoms with E-state index in [1.54, 1.807) is 0 Å². The van der Waals surface area contributed by atoms with Gasteiger partial charge >= 0.3 is 5.97 Å². The summed E-state index contributed by atoms with van der Waals surface area (Å²) in [5.41, 5.74) is 3.92. The maximum absolute atomic E-state index is 11.3. The molecule has 1 aromatic carbocycles. The average molecular weight is 230 g/mol. The summed E-state index contributed by atoms with van der Waals surface area (Å²) in [4.78, 5) is 11.3. The van der Waals surface area contributed by atoms with Crippen molar-refractivity contribution in [2.45, 2.75) is 44.4 Å². The average Bonchev–Trinajstić information content (AvgIpc) is 2.98. The molecule has 0 aromatic heterocycles. The predicted octanol–water partition coefficient (Wildman–Crippen LogP) is 3.10. The largest absolute Gasteiger partial charge is 0.481 e. The zero-order chi connectivity index (χ0) is 12.2. The van der Waals surface area contributed by atoms with Crippen LogP contribution in [0.2, 0.25) is 0 Å². The number of carboxylic acid groups (broad SMARTS) is 1. The van der Waals surface area contributed by atoms with Crippen LogP contribution < -0.4 is 0 Å². The monoisotopic (exact) mass is 230 g/mol. The molecule has 1 unspecified atom stereocenters. The maximum atomic E-state index is 11.3. The Morgan fingerprint density at radius 3 is 2.65 bits per heavy atom. The fourth-order valence-corrected chi connectivity index (χ4v) is 3.27. The molecular weight excluding hydrogens is 212 g/mol. The first-order chi connectivity index (χ1) is 8.04. The van der Waals surface area contributed by atoms with E-state index in [9.17, 15) is 9.90 Å². The number of carboxylic acids is 1. The van der Waals surface area contributed by atoms with Gasteiger partial charge in [-0.2, -0.15) is 0 Å². The fraction of sp³-hybridized carbons (Fsp3) is 0.533. The van der Waals surface area contributed by atoms with Crippen LogP contribution in [0.15, 0.2) is 18.2 Å². The summed E-state index contributed by atoms with van der Waals surface area (Å²) in [6.45, 7) is 4.37. The Morgan fingerprint density at radius 2 is 2.12 bits per heavy atom. The first-order valence-electron chi connectivity index (χ1n) is 6.41. The highest BCUT2D eigenvalue weighted by atomic mass is 16.4.